The van der Waals surface area contributed by atoms with Gasteiger partial charge in [0.2, 0.25) is 0 Å². The van der Waals surface area contributed by atoms with Gasteiger partial charge in [-0.2, -0.15) is 5.10 Å². The summed E-state index contributed by atoms with van der Waals surface area (Å²) in [5.41, 5.74) is 2.96. The van der Waals surface area contributed by atoms with Crippen molar-refractivity contribution in [2.24, 2.45) is 0 Å². The van der Waals surface area contributed by atoms with Crippen molar-refractivity contribution >= 4 is 29.2 Å². The van der Waals surface area contributed by atoms with Crippen LogP contribution in [0.25, 0.3) is 0 Å². The Morgan fingerprint density at radius 1 is 1.13 bits per heavy atom. The van der Waals surface area contributed by atoms with Gasteiger partial charge in [-0.25, -0.2) is 4.79 Å². The number of carbonyl (C=O) groups excluding carboxylic acids is 2. The number of aromatic nitrogens is 2. The quantitative estimate of drug-likeness (QED) is 0.576. The third-order valence-corrected chi connectivity index (χ3v) is 4.92. The summed E-state index contributed by atoms with van der Waals surface area (Å²) in [6.45, 7) is 3.52. The topological polar surface area (TPSA) is 82.4 Å². The molecule has 8 heteroatoms. The van der Waals surface area contributed by atoms with Crippen LogP contribution in [0.5, 0.6) is 5.75 Å². The number of nitrogens with one attached hydrogen (secondary N) is 1. The van der Waals surface area contributed by atoms with E-state index in [0.29, 0.717) is 40.0 Å². The number of carbonyl (C=O) groups is 2. The second kappa shape index (κ2) is 9.45. The van der Waals surface area contributed by atoms with E-state index in [2.05, 4.69) is 10.4 Å². The summed E-state index contributed by atoms with van der Waals surface area (Å²) in [5, 5.41) is 7.72. The maximum Gasteiger partial charge on any atom is 0.342 e. The molecule has 0 aliphatic carbocycles. The van der Waals surface area contributed by atoms with E-state index >= 15 is 0 Å². The zero-order chi connectivity index (χ0) is 21.7. The van der Waals surface area contributed by atoms with Gasteiger partial charge in [-0.1, -0.05) is 35.9 Å². The second-order valence-corrected chi connectivity index (χ2v) is 7.06. The number of nitrogens with zero attached hydrogens (tertiary/aromatic N) is 2. The van der Waals surface area contributed by atoms with Gasteiger partial charge in [0.25, 0.3) is 5.91 Å². The maximum absolute atomic E-state index is 12.6. The Hall–Kier alpha value is -3.32. The minimum Gasteiger partial charge on any atom is -0.497 e. The van der Waals surface area contributed by atoms with Gasteiger partial charge in [-0.15, -0.1) is 0 Å². The smallest absolute Gasteiger partial charge is 0.342 e. The number of halogens is 1. The van der Waals surface area contributed by atoms with Crippen LogP contribution in [0.1, 0.15) is 27.3 Å². The van der Waals surface area contributed by atoms with Crippen LogP contribution in [0.2, 0.25) is 5.02 Å². The minimum atomic E-state index is -0.601. The fourth-order valence-corrected chi connectivity index (χ4v) is 3.23. The maximum atomic E-state index is 12.6. The molecule has 0 atom stereocenters. The number of aryl methyl sites for hydroxylation is 1. The first-order chi connectivity index (χ1) is 14.4. The van der Waals surface area contributed by atoms with Gasteiger partial charge in [0.15, 0.2) is 6.61 Å². The Kier molecular flexibility index (Phi) is 6.74. The van der Waals surface area contributed by atoms with E-state index in [1.54, 1.807) is 56.0 Å². The number of esters is 1. The van der Waals surface area contributed by atoms with E-state index in [9.17, 15) is 9.59 Å². The molecule has 1 heterocycles. The Morgan fingerprint density at radius 2 is 1.90 bits per heavy atom. The van der Waals surface area contributed by atoms with E-state index in [4.69, 9.17) is 21.1 Å². The third kappa shape index (κ3) is 4.99. The molecule has 0 fully saturated rings. The summed E-state index contributed by atoms with van der Waals surface area (Å²) in [5.74, 6) is -0.437. The molecule has 30 heavy (non-hydrogen) atoms. The third-order valence-electron chi connectivity index (χ3n) is 4.55. The molecular weight excluding hydrogens is 406 g/mol. The molecule has 2 aromatic carbocycles. The molecule has 1 N–H and O–H groups in total. The van der Waals surface area contributed by atoms with Gasteiger partial charge in [0, 0.05) is 16.8 Å². The molecule has 3 aromatic rings. The lowest BCUT2D eigenvalue weighted by atomic mass is 10.2. The second-order valence-electron chi connectivity index (χ2n) is 6.65. The number of amides is 1. The number of benzene rings is 2. The number of methoxy groups -OCH3 is 1. The average Bonchev–Trinajstić information content (AvgIpc) is 3.01. The van der Waals surface area contributed by atoms with Gasteiger partial charge in [0.1, 0.15) is 11.3 Å². The minimum absolute atomic E-state index is 0.344. The molecular formula is C22H22ClN3O4. The highest BCUT2D eigenvalue weighted by atomic mass is 35.5. The Bertz CT molecular complexity index is 1080. The van der Waals surface area contributed by atoms with Crippen molar-refractivity contribution in [2.45, 2.75) is 20.4 Å². The lowest BCUT2D eigenvalue weighted by Gasteiger charge is -2.09. The summed E-state index contributed by atoms with van der Waals surface area (Å²) >= 11 is 6.22. The highest BCUT2D eigenvalue weighted by Crippen LogP contribution is 2.20. The van der Waals surface area contributed by atoms with E-state index in [0.717, 1.165) is 5.56 Å². The van der Waals surface area contributed by atoms with Gasteiger partial charge in [-0.05, 0) is 37.6 Å². The molecule has 0 unspecified atom stereocenters. The molecule has 156 valence electrons. The van der Waals surface area contributed by atoms with Crippen LogP contribution in [-0.2, 0) is 16.1 Å². The van der Waals surface area contributed by atoms with Crippen LogP contribution in [-0.4, -0.2) is 35.4 Å². The molecule has 1 aromatic heterocycles. The number of anilines is 1. The van der Waals surface area contributed by atoms with E-state index < -0.39 is 18.5 Å². The molecule has 3 rings (SSSR count). The van der Waals surface area contributed by atoms with E-state index in [1.165, 1.54) is 0 Å². The van der Waals surface area contributed by atoms with Crippen LogP contribution >= 0.6 is 11.6 Å². The molecule has 0 aliphatic heterocycles. The first-order valence-corrected chi connectivity index (χ1v) is 9.65. The number of hydrogen-bond acceptors (Lipinski definition) is 5. The van der Waals surface area contributed by atoms with Gasteiger partial charge < -0.3 is 14.8 Å². The lowest BCUT2D eigenvalue weighted by molar-refractivity contribution is -0.119. The van der Waals surface area contributed by atoms with Crippen molar-refractivity contribution in [3.8, 4) is 5.75 Å². The Labute approximate surface area is 179 Å². The van der Waals surface area contributed by atoms with Crippen molar-refractivity contribution in [1.82, 2.24) is 9.78 Å². The predicted octanol–water partition coefficient (Wildman–Crippen LogP) is 4.01. The van der Waals surface area contributed by atoms with Crippen LogP contribution in [0.3, 0.4) is 0 Å². The van der Waals surface area contributed by atoms with Crippen molar-refractivity contribution < 1.29 is 19.1 Å². The van der Waals surface area contributed by atoms with E-state index in [-0.39, 0.29) is 0 Å². The molecule has 0 saturated heterocycles. The monoisotopic (exact) mass is 427 g/mol. The molecule has 7 nitrogen and oxygen atoms in total. The van der Waals surface area contributed by atoms with E-state index in [1.807, 2.05) is 18.2 Å². The zero-order valence-electron chi connectivity index (χ0n) is 16.9. The highest BCUT2D eigenvalue weighted by molar-refractivity contribution is 6.31. The summed E-state index contributed by atoms with van der Waals surface area (Å²) in [6, 6.07) is 14.4. The first-order valence-electron chi connectivity index (χ1n) is 9.27. The fourth-order valence-electron chi connectivity index (χ4n) is 3.04. The largest absolute Gasteiger partial charge is 0.497 e. The summed E-state index contributed by atoms with van der Waals surface area (Å²) in [4.78, 5) is 24.7. The Balaban J connectivity index is 1.64. The predicted molar refractivity (Wildman–Crippen MR) is 114 cm³/mol. The van der Waals surface area contributed by atoms with Gasteiger partial charge >= 0.3 is 5.97 Å². The Morgan fingerprint density at radius 3 is 2.63 bits per heavy atom. The van der Waals surface area contributed by atoms with Crippen LogP contribution < -0.4 is 10.1 Å². The van der Waals surface area contributed by atoms with Crippen molar-refractivity contribution in [1.29, 1.82) is 0 Å². The number of ether oxygens (including phenoxy) is 2. The first kappa shape index (κ1) is 21.4. The lowest BCUT2D eigenvalue weighted by Crippen LogP contribution is -2.21. The summed E-state index contributed by atoms with van der Waals surface area (Å²) in [7, 11) is 1.54. The molecule has 0 bridgehead atoms. The normalized spacial score (nSPS) is 10.5. The molecule has 0 saturated carbocycles. The average molecular weight is 428 g/mol. The number of rotatable bonds is 7. The highest BCUT2D eigenvalue weighted by Gasteiger charge is 2.21. The van der Waals surface area contributed by atoms with Crippen LogP contribution in [0.4, 0.5) is 5.69 Å². The molecule has 0 radical (unpaired) electrons. The van der Waals surface area contributed by atoms with Crippen molar-refractivity contribution in [3.05, 3.63) is 76.1 Å². The van der Waals surface area contributed by atoms with Crippen LogP contribution in [0.15, 0.2) is 48.5 Å². The summed E-state index contributed by atoms with van der Waals surface area (Å²) < 4.78 is 12.0. The fraction of sp³-hybridized carbons (Fsp3) is 0.227. The van der Waals surface area contributed by atoms with Crippen molar-refractivity contribution in [3.63, 3.8) is 0 Å². The van der Waals surface area contributed by atoms with Crippen molar-refractivity contribution in [2.75, 3.05) is 19.0 Å². The molecule has 0 aliphatic rings. The van der Waals surface area contributed by atoms with Gasteiger partial charge in [0.05, 0.1) is 25.0 Å². The standard InChI is InChI=1S/C22H22ClN3O4/c1-14-21(15(2)26(25-14)12-16-7-4-5-10-19(16)23)22(28)30-13-20(27)24-17-8-6-9-18(11-17)29-3/h4-11H,12-13H2,1-3H3,(H,24,27). The van der Waals surface area contributed by atoms with Crippen LogP contribution in [0, 0.1) is 13.8 Å². The SMILES string of the molecule is COc1cccc(NC(=O)COC(=O)c2c(C)nn(Cc3ccccc3Cl)c2C)c1. The zero-order valence-corrected chi connectivity index (χ0v) is 17.7. The van der Waals surface area contributed by atoms with Gasteiger partial charge in [-0.3, -0.25) is 9.48 Å². The molecule has 1 amide bonds. The molecule has 0 spiro atoms. The number of hydrogen-bond donors (Lipinski definition) is 1. The summed E-state index contributed by atoms with van der Waals surface area (Å²) in [6.07, 6.45) is 0.